The fourth-order valence-corrected chi connectivity index (χ4v) is 1.32. The van der Waals surface area contributed by atoms with Gasteiger partial charge in [0, 0.05) is 19.3 Å². The van der Waals surface area contributed by atoms with Crippen LogP contribution in [0.25, 0.3) is 0 Å². The van der Waals surface area contributed by atoms with E-state index in [0.29, 0.717) is 5.69 Å². The molecule has 0 saturated heterocycles. The summed E-state index contributed by atoms with van der Waals surface area (Å²) in [4.78, 5) is 13.5. The Morgan fingerprint density at radius 3 is 2.24 bits per heavy atom. The molecule has 3 nitrogen and oxygen atoms in total. The Balaban J connectivity index is 0.00000256. The van der Waals surface area contributed by atoms with E-state index in [4.69, 9.17) is 5.73 Å². The van der Waals surface area contributed by atoms with Crippen LogP contribution in [0.15, 0.2) is 24.3 Å². The number of hydrogen-bond acceptors (Lipinski definition) is 2. The zero-order valence-electron chi connectivity index (χ0n) is 10.2. The number of carbonyl (C=O) groups is 1. The van der Waals surface area contributed by atoms with Gasteiger partial charge in [0.15, 0.2) is 0 Å². The van der Waals surface area contributed by atoms with Gasteiger partial charge in [-0.2, -0.15) is 0 Å². The highest BCUT2D eigenvalue weighted by atomic mass is 35.5. The third kappa shape index (κ3) is 3.68. The molecule has 0 heterocycles. The normalized spacial score (nSPS) is 10.6. The van der Waals surface area contributed by atoms with E-state index in [1.807, 2.05) is 0 Å². The number of halogens is 2. The molecule has 0 saturated carbocycles. The van der Waals surface area contributed by atoms with Gasteiger partial charge in [-0.1, -0.05) is 0 Å². The molecule has 0 unspecified atom stereocenters. The van der Waals surface area contributed by atoms with Crippen LogP contribution >= 0.6 is 12.4 Å². The number of benzene rings is 1. The molecule has 0 aliphatic carbocycles. The van der Waals surface area contributed by atoms with E-state index >= 15 is 0 Å². The van der Waals surface area contributed by atoms with E-state index in [1.54, 1.807) is 33.0 Å². The smallest absolute Gasteiger partial charge is 0.233 e. The highest BCUT2D eigenvalue weighted by Crippen LogP contribution is 2.21. The van der Waals surface area contributed by atoms with Crippen LogP contribution in [-0.2, 0) is 4.79 Å². The number of nitrogens with zero attached hydrogens (tertiary/aromatic N) is 1. The van der Waals surface area contributed by atoms with Gasteiger partial charge in [0.2, 0.25) is 5.91 Å². The molecule has 0 bridgehead atoms. The Bertz CT molecular complexity index is 379. The van der Waals surface area contributed by atoms with E-state index in [-0.39, 0.29) is 30.7 Å². The van der Waals surface area contributed by atoms with Gasteiger partial charge in [0.25, 0.3) is 0 Å². The molecule has 0 aliphatic heterocycles. The molecule has 5 heteroatoms. The molecule has 1 rings (SSSR count). The van der Waals surface area contributed by atoms with Gasteiger partial charge in [-0.05, 0) is 38.1 Å². The molecule has 1 amide bonds. The van der Waals surface area contributed by atoms with Crippen molar-refractivity contribution >= 4 is 24.0 Å². The zero-order valence-corrected chi connectivity index (χ0v) is 11.1. The monoisotopic (exact) mass is 260 g/mol. The van der Waals surface area contributed by atoms with Crippen molar-refractivity contribution in [2.45, 2.75) is 13.8 Å². The van der Waals surface area contributed by atoms with Crippen LogP contribution in [0, 0.1) is 11.2 Å². The summed E-state index contributed by atoms with van der Waals surface area (Å²) in [6.07, 6.45) is 0. The highest BCUT2D eigenvalue weighted by molar-refractivity contribution is 5.96. The molecule has 17 heavy (non-hydrogen) atoms. The molecule has 0 fully saturated rings. The van der Waals surface area contributed by atoms with Crippen molar-refractivity contribution in [1.82, 2.24) is 0 Å². The molecule has 0 aliphatic rings. The first kappa shape index (κ1) is 15.9. The molecule has 0 radical (unpaired) electrons. The lowest BCUT2D eigenvalue weighted by atomic mass is 9.92. The second kappa shape index (κ2) is 5.98. The number of anilines is 1. The van der Waals surface area contributed by atoms with Crippen molar-refractivity contribution in [3.05, 3.63) is 30.1 Å². The van der Waals surface area contributed by atoms with Crippen molar-refractivity contribution in [3.8, 4) is 0 Å². The molecule has 0 spiro atoms. The Kier molecular flexibility index (Phi) is 5.58. The number of nitrogens with two attached hydrogens (primary N) is 1. The minimum absolute atomic E-state index is 0. The van der Waals surface area contributed by atoms with Crippen molar-refractivity contribution < 1.29 is 9.18 Å². The standard InChI is InChI=1S/C12H17FN2O.ClH/c1-12(2,8-14)11(16)15(3)10-6-4-9(13)5-7-10;/h4-7H,8,14H2,1-3H3;1H. The lowest BCUT2D eigenvalue weighted by Crippen LogP contribution is -2.42. The van der Waals surface area contributed by atoms with E-state index < -0.39 is 5.41 Å². The molecular formula is C12H18ClFN2O. The summed E-state index contributed by atoms with van der Waals surface area (Å²) in [5.41, 5.74) is 5.59. The maximum absolute atomic E-state index is 12.7. The number of rotatable bonds is 3. The van der Waals surface area contributed by atoms with Crippen molar-refractivity contribution in [1.29, 1.82) is 0 Å². The molecule has 1 aromatic rings. The first-order chi connectivity index (χ1) is 7.38. The Morgan fingerprint density at radius 2 is 1.82 bits per heavy atom. The van der Waals surface area contributed by atoms with Gasteiger partial charge >= 0.3 is 0 Å². The molecule has 0 aromatic heterocycles. The summed E-state index contributed by atoms with van der Waals surface area (Å²) in [6, 6.07) is 5.79. The predicted molar refractivity (Wildman–Crippen MR) is 69.9 cm³/mol. The Hall–Kier alpha value is -1.13. The fraction of sp³-hybridized carbons (Fsp3) is 0.417. The molecule has 2 N–H and O–H groups in total. The summed E-state index contributed by atoms with van der Waals surface area (Å²) in [5.74, 6) is -0.399. The first-order valence-corrected chi connectivity index (χ1v) is 5.12. The summed E-state index contributed by atoms with van der Waals surface area (Å²) in [7, 11) is 1.66. The van der Waals surface area contributed by atoms with E-state index in [1.165, 1.54) is 17.0 Å². The van der Waals surface area contributed by atoms with Crippen LogP contribution in [0.1, 0.15) is 13.8 Å². The second-order valence-electron chi connectivity index (χ2n) is 4.43. The van der Waals surface area contributed by atoms with Gasteiger partial charge in [0.05, 0.1) is 5.41 Å². The van der Waals surface area contributed by atoms with Crippen LogP contribution in [-0.4, -0.2) is 19.5 Å². The van der Waals surface area contributed by atoms with Gasteiger partial charge in [-0.3, -0.25) is 4.79 Å². The Labute approximate surface area is 107 Å². The van der Waals surface area contributed by atoms with Gasteiger partial charge < -0.3 is 10.6 Å². The summed E-state index contributed by atoms with van der Waals surface area (Å²) < 4.78 is 12.7. The maximum Gasteiger partial charge on any atom is 0.233 e. The summed E-state index contributed by atoms with van der Waals surface area (Å²) >= 11 is 0. The number of carbonyl (C=O) groups excluding carboxylic acids is 1. The molecule has 96 valence electrons. The van der Waals surface area contributed by atoms with E-state index in [2.05, 4.69) is 0 Å². The lowest BCUT2D eigenvalue weighted by molar-refractivity contribution is -0.125. The topological polar surface area (TPSA) is 46.3 Å². The quantitative estimate of drug-likeness (QED) is 0.906. The maximum atomic E-state index is 12.7. The van der Waals surface area contributed by atoms with E-state index in [0.717, 1.165) is 0 Å². The van der Waals surface area contributed by atoms with Gasteiger partial charge in [0.1, 0.15) is 5.82 Å². The summed E-state index contributed by atoms with van der Waals surface area (Å²) in [5, 5.41) is 0. The third-order valence-corrected chi connectivity index (χ3v) is 2.61. The molecule has 0 atom stereocenters. The zero-order chi connectivity index (χ0) is 12.3. The largest absolute Gasteiger partial charge is 0.329 e. The lowest BCUT2D eigenvalue weighted by Gasteiger charge is -2.28. The predicted octanol–water partition coefficient (Wildman–Crippen LogP) is 2.20. The van der Waals surface area contributed by atoms with Crippen molar-refractivity contribution in [2.75, 3.05) is 18.5 Å². The minimum atomic E-state index is -0.608. The van der Waals surface area contributed by atoms with Crippen LogP contribution in [0.2, 0.25) is 0 Å². The van der Waals surface area contributed by atoms with Crippen LogP contribution < -0.4 is 10.6 Å². The number of hydrogen-bond donors (Lipinski definition) is 1. The minimum Gasteiger partial charge on any atom is -0.329 e. The van der Waals surface area contributed by atoms with Crippen molar-refractivity contribution in [3.63, 3.8) is 0 Å². The van der Waals surface area contributed by atoms with Crippen LogP contribution in [0.3, 0.4) is 0 Å². The van der Waals surface area contributed by atoms with Crippen LogP contribution in [0.5, 0.6) is 0 Å². The third-order valence-electron chi connectivity index (χ3n) is 2.61. The average molecular weight is 261 g/mol. The summed E-state index contributed by atoms with van der Waals surface area (Å²) in [6.45, 7) is 3.85. The average Bonchev–Trinajstić information content (AvgIpc) is 2.28. The van der Waals surface area contributed by atoms with Crippen LogP contribution in [0.4, 0.5) is 10.1 Å². The van der Waals surface area contributed by atoms with Gasteiger partial charge in [-0.15, -0.1) is 12.4 Å². The molecular weight excluding hydrogens is 243 g/mol. The Morgan fingerprint density at radius 1 is 1.35 bits per heavy atom. The van der Waals surface area contributed by atoms with Gasteiger partial charge in [-0.25, -0.2) is 4.39 Å². The SMILES string of the molecule is CN(C(=O)C(C)(C)CN)c1ccc(F)cc1.Cl. The molecule has 1 aromatic carbocycles. The first-order valence-electron chi connectivity index (χ1n) is 5.12. The second-order valence-corrected chi connectivity index (χ2v) is 4.43. The highest BCUT2D eigenvalue weighted by Gasteiger charge is 2.29. The fourth-order valence-electron chi connectivity index (χ4n) is 1.32. The van der Waals surface area contributed by atoms with Crippen molar-refractivity contribution in [2.24, 2.45) is 11.1 Å². The van der Waals surface area contributed by atoms with E-state index in [9.17, 15) is 9.18 Å². The number of amides is 1.